The number of anilines is 1. The van der Waals surface area contributed by atoms with Crippen molar-refractivity contribution in [3.8, 4) is 5.69 Å². The van der Waals surface area contributed by atoms with Crippen molar-refractivity contribution in [3.63, 3.8) is 0 Å². The van der Waals surface area contributed by atoms with Gasteiger partial charge in [-0.2, -0.15) is 0 Å². The molecule has 1 aromatic heterocycles. The number of halogens is 1. The van der Waals surface area contributed by atoms with Crippen LogP contribution in [-0.4, -0.2) is 29.9 Å². The molecule has 2 heterocycles. The molecule has 1 fully saturated rings. The van der Waals surface area contributed by atoms with Gasteiger partial charge in [0.15, 0.2) is 0 Å². The highest BCUT2D eigenvalue weighted by Gasteiger charge is 2.27. The number of nitrogens with zero attached hydrogens (tertiary/aromatic N) is 1. The van der Waals surface area contributed by atoms with Gasteiger partial charge in [-0.05, 0) is 55.7 Å². The molecule has 168 valence electrons. The van der Waals surface area contributed by atoms with E-state index in [-0.39, 0.29) is 17.6 Å². The van der Waals surface area contributed by atoms with Crippen LogP contribution in [0, 0.1) is 23.6 Å². The zero-order chi connectivity index (χ0) is 23.0. The molecule has 5 nitrogen and oxygen atoms in total. The Labute approximate surface area is 188 Å². The summed E-state index contributed by atoms with van der Waals surface area (Å²) in [6.45, 7) is 9.07. The summed E-state index contributed by atoms with van der Waals surface area (Å²) in [6, 6.07) is 10.5. The summed E-state index contributed by atoms with van der Waals surface area (Å²) in [7, 11) is 0. The van der Waals surface area contributed by atoms with E-state index >= 15 is 0 Å². The number of aromatic nitrogens is 1. The highest BCUT2D eigenvalue weighted by atomic mass is 19.1. The number of nitrogens with one attached hydrogen (secondary N) is 2. The van der Waals surface area contributed by atoms with Gasteiger partial charge in [0.1, 0.15) is 5.82 Å². The number of fused-ring (bicyclic) bond motifs is 1. The Bertz CT molecular complexity index is 1180. The van der Waals surface area contributed by atoms with E-state index in [9.17, 15) is 9.18 Å². The predicted molar refractivity (Wildman–Crippen MR) is 127 cm³/mol. The van der Waals surface area contributed by atoms with Gasteiger partial charge < -0.3 is 20.0 Å². The molecule has 4 rings (SSSR count). The van der Waals surface area contributed by atoms with Crippen molar-refractivity contribution in [1.82, 2.24) is 4.57 Å². The SMILES string of the molecule is Cc1c(C2CCOCC2)n(-c2cccc(F)c2)c2cc(C=N)c(NC(=O)C(C)(C)C)cc12. The number of ether oxygens (including phenoxy) is 1. The van der Waals surface area contributed by atoms with Crippen molar-refractivity contribution in [2.45, 2.75) is 46.5 Å². The van der Waals surface area contributed by atoms with E-state index in [1.54, 1.807) is 12.1 Å². The topological polar surface area (TPSA) is 67.1 Å². The van der Waals surface area contributed by atoms with Crippen LogP contribution in [0.3, 0.4) is 0 Å². The van der Waals surface area contributed by atoms with E-state index in [1.165, 1.54) is 12.3 Å². The second kappa shape index (κ2) is 8.51. The molecule has 1 aliphatic rings. The summed E-state index contributed by atoms with van der Waals surface area (Å²) in [4.78, 5) is 12.7. The van der Waals surface area contributed by atoms with E-state index in [1.807, 2.05) is 39.0 Å². The molecular formula is C26H30FN3O2. The summed E-state index contributed by atoms with van der Waals surface area (Å²) in [5.74, 6) is -0.108. The minimum absolute atomic E-state index is 0.105. The van der Waals surface area contributed by atoms with Gasteiger partial charge in [0.25, 0.3) is 0 Å². The van der Waals surface area contributed by atoms with Crippen molar-refractivity contribution in [3.05, 3.63) is 59.0 Å². The molecule has 1 saturated heterocycles. The number of amides is 1. The average Bonchev–Trinajstić information content (AvgIpc) is 3.04. The van der Waals surface area contributed by atoms with Gasteiger partial charge in [0.2, 0.25) is 5.91 Å². The first-order valence-corrected chi connectivity index (χ1v) is 11.0. The fraction of sp³-hybridized carbons (Fsp3) is 0.385. The molecule has 0 bridgehead atoms. The average molecular weight is 436 g/mol. The lowest BCUT2D eigenvalue weighted by atomic mass is 9.93. The summed E-state index contributed by atoms with van der Waals surface area (Å²) < 4.78 is 21.9. The number of rotatable bonds is 4. The minimum atomic E-state index is -0.552. The van der Waals surface area contributed by atoms with E-state index in [2.05, 4.69) is 16.8 Å². The maximum absolute atomic E-state index is 14.2. The Morgan fingerprint density at radius 2 is 1.94 bits per heavy atom. The molecule has 0 unspecified atom stereocenters. The second-order valence-electron chi connectivity index (χ2n) is 9.52. The van der Waals surface area contributed by atoms with Gasteiger partial charge in [0, 0.05) is 53.1 Å². The quantitative estimate of drug-likeness (QED) is 0.497. The molecule has 2 N–H and O–H groups in total. The van der Waals surface area contributed by atoms with Crippen molar-refractivity contribution < 1.29 is 13.9 Å². The zero-order valence-electron chi connectivity index (χ0n) is 19.1. The van der Waals surface area contributed by atoms with Crippen LogP contribution in [0.2, 0.25) is 0 Å². The Morgan fingerprint density at radius 3 is 2.56 bits per heavy atom. The monoisotopic (exact) mass is 435 g/mol. The molecule has 1 aliphatic heterocycles. The fourth-order valence-electron chi connectivity index (χ4n) is 4.42. The molecule has 3 aromatic rings. The molecule has 0 radical (unpaired) electrons. The molecular weight excluding hydrogens is 405 g/mol. The maximum Gasteiger partial charge on any atom is 0.229 e. The minimum Gasteiger partial charge on any atom is -0.381 e. The van der Waals surface area contributed by atoms with Gasteiger partial charge in [-0.3, -0.25) is 4.79 Å². The first kappa shape index (κ1) is 22.2. The Morgan fingerprint density at radius 1 is 1.22 bits per heavy atom. The summed E-state index contributed by atoms with van der Waals surface area (Å²) in [5, 5.41) is 12.0. The largest absolute Gasteiger partial charge is 0.381 e. The van der Waals surface area contributed by atoms with E-state index < -0.39 is 5.41 Å². The van der Waals surface area contributed by atoms with Gasteiger partial charge in [-0.15, -0.1) is 0 Å². The van der Waals surface area contributed by atoms with Crippen LogP contribution in [0.4, 0.5) is 10.1 Å². The van der Waals surface area contributed by atoms with E-state index in [0.29, 0.717) is 24.5 Å². The molecule has 0 spiro atoms. The van der Waals surface area contributed by atoms with Crippen LogP contribution >= 0.6 is 0 Å². The molecule has 32 heavy (non-hydrogen) atoms. The smallest absolute Gasteiger partial charge is 0.229 e. The van der Waals surface area contributed by atoms with Crippen LogP contribution < -0.4 is 5.32 Å². The van der Waals surface area contributed by atoms with Gasteiger partial charge >= 0.3 is 0 Å². The third-order valence-corrected chi connectivity index (χ3v) is 6.20. The number of hydrogen-bond acceptors (Lipinski definition) is 3. The summed E-state index contributed by atoms with van der Waals surface area (Å²) in [5.41, 5.74) is 4.59. The normalized spacial score (nSPS) is 15.2. The standard InChI is InChI=1S/C26H30FN3O2/c1-16-21-14-22(29-25(31)26(2,3)4)18(15-28)12-23(21)30(20-7-5-6-19(27)13-20)24(16)17-8-10-32-11-9-17/h5-7,12-15,17,28H,8-11H2,1-4H3,(H,29,31). The van der Waals surface area contributed by atoms with E-state index in [4.69, 9.17) is 10.1 Å². The highest BCUT2D eigenvalue weighted by Crippen LogP contribution is 2.39. The van der Waals surface area contributed by atoms with Crippen LogP contribution in [0.15, 0.2) is 36.4 Å². The molecule has 0 aliphatic carbocycles. The molecule has 1 amide bonds. The molecule has 2 aromatic carbocycles. The zero-order valence-corrected chi connectivity index (χ0v) is 19.1. The second-order valence-corrected chi connectivity index (χ2v) is 9.52. The maximum atomic E-state index is 14.2. The van der Waals surface area contributed by atoms with Crippen molar-refractivity contribution in [1.29, 1.82) is 5.41 Å². The molecule has 6 heteroatoms. The van der Waals surface area contributed by atoms with Crippen LogP contribution in [0.25, 0.3) is 16.6 Å². The highest BCUT2D eigenvalue weighted by molar-refractivity contribution is 6.04. The lowest BCUT2D eigenvalue weighted by Gasteiger charge is -2.25. The van der Waals surface area contributed by atoms with E-state index in [0.717, 1.165) is 40.7 Å². The summed E-state index contributed by atoms with van der Waals surface area (Å²) >= 11 is 0. The Balaban J connectivity index is 1.97. The predicted octanol–water partition coefficient (Wildman–Crippen LogP) is 5.95. The number of hydrogen-bond donors (Lipinski definition) is 2. The van der Waals surface area contributed by atoms with Crippen molar-refractivity contribution in [2.24, 2.45) is 5.41 Å². The van der Waals surface area contributed by atoms with Crippen molar-refractivity contribution in [2.75, 3.05) is 18.5 Å². The molecule has 0 atom stereocenters. The van der Waals surface area contributed by atoms with Crippen LogP contribution in [-0.2, 0) is 9.53 Å². The third-order valence-electron chi connectivity index (χ3n) is 6.20. The van der Waals surface area contributed by atoms with Crippen molar-refractivity contribution >= 4 is 28.7 Å². The van der Waals surface area contributed by atoms with Crippen LogP contribution in [0.5, 0.6) is 0 Å². The molecule has 0 saturated carbocycles. The summed E-state index contributed by atoms with van der Waals surface area (Å²) in [6.07, 6.45) is 3.05. The Hall–Kier alpha value is -2.99. The van der Waals surface area contributed by atoms with Gasteiger partial charge in [-0.1, -0.05) is 26.8 Å². The lowest BCUT2D eigenvalue weighted by Crippen LogP contribution is -2.28. The number of benzene rings is 2. The first-order valence-electron chi connectivity index (χ1n) is 11.0. The van der Waals surface area contributed by atoms with Crippen LogP contribution in [0.1, 0.15) is 56.4 Å². The van der Waals surface area contributed by atoms with Gasteiger partial charge in [0.05, 0.1) is 11.2 Å². The Kier molecular flexibility index (Phi) is 5.91. The number of carbonyl (C=O) groups is 1. The lowest BCUT2D eigenvalue weighted by molar-refractivity contribution is -0.123. The number of carbonyl (C=O) groups excluding carboxylic acids is 1. The first-order chi connectivity index (χ1) is 15.2. The number of aryl methyl sites for hydroxylation is 1. The van der Waals surface area contributed by atoms with Gasteiger partial charge in [-0.25, -0.2) is 4.39 Å². The fourth-order valence-corrected chi connectivity index (χ4v) is 4.42. The third kappa shape index (κ3) is 4.07.